The molecule has 1 saturated heterocycles. The van der Waals surface area contributed by atoms with Gasteiger partial charge in [-0.15, -0.1) is 0 Å². The first-order valence-corrected chi connectivity index (χ1v) is 13.5. The third-order valence-electron chi connectivity index (χ3n) is 7.63. The number of carboxylic acid groups (broad SMARTS) is 1. The molecule has 9 heteroatoms. The van der Waals surface area contributed by atoms with Crippen molar-refractivity contribution in [2.24, 2.45) is 13.0 Å². The fraction of sp³-hybridized carbons (Fsp3) is 0.448. The minimum absolute atomic E-state index is 0.369. The number of fused-ring (bicyclic) bond motifs is 1. The summed E-state index contributed by atoms with van der Waals surface area (Å²) in [4.78, 5) is 31.9. The summed E-state index contributed by atoms with van der Waals surface area (Å²) in [5.74, 6) is 0.236. The molecule has 2 aliphatic heterocycles. The van der Waals surface area contributed by atoms with Gasteiger partial charge in [-0.2, -0.15) is 5.10 Å². The molecule has 0 unspecified atom stereocenters. The lowest BCUT2D eigenvalue weighted by Crippen LogP contribution is -2.43. The second-order valence-electron chi connectivity index (χ2n) is 10.5. The monoisotopic (exact) mass is 516 g/mol. The molecule has 0 aliphatic carbocycles. The molecule has 5 rings (SSSR count). The van der Waals surface area contributed by atoms with E-state index in [4.69, 9.17) is 4.98 Å². The highest BCUT2D eigenvalue weighted by atomic mass is 16.4. The van der Waals surface area contributed by atoms with Gasteiger partial charge in [-0.25, -0.2) is 9.78 Å². The lowest BCUT2D eigenvalue weighted by molar-refractivity contribution is -0.139. The number of nitrogens with zero attached hydrogens (tertiary/aromatic N) is 4. The summed E-state index contributed by atoms with van der Waals surface area (Å²) in [7, 11) is 1.84. The van der Waals surface area contributed by atoms with Crippen molar-refractivity contribution in [3.05, 3.63) is 65.6 Å². The Kier molecular flexibility index (Phi) is 8.03. The molecule has 3 aromatic rings. The van der Waals surface area contributed by atoms with Gasteiger partial charge in [0.1, 0.15) is 11.9 Å². The van der Waals surface area contributed by atoms with Crippen LogP contribution in [0.1, 0.15) is 47.3 Å². The molecule has 38 heavy (non-hydrogen) atoms. The van der Waals surface area contributed by atoms with Gasteiger partial charge in [-0.1, -0.05) is 18.2 Å². The smallest absolute Gasteiger partial charge is 0.326 e. The van der Waals surface area contributed by atoms with Crippen molar-refractivity contribution in [1.29, 1.82) is 0 Å². The number of hydrogen-bond donors (Lipinski definition) is 3. The molecular formula is C29H36N6O3. The number of carboxylic acids is 1. The molecule has 3 N–H and O–H groups in total. The SMILES string of the molecule is Cn1cc(-c2cccc(C(=O)N[C@@H](CCN3CC[C@@H](CCc4ccc5c(n4)NCCC5)C3)C(=O)O)c2)cn1. The average molecular weight is 517 g/mol. The molecule has 0 radical (unpaired) electrons. The molecule has 0 saturated carbocycles. The Morgan fingerprint density at radius 1 is 1.24 bits per heavy atom. The maximum absolute atomic E-state index is 12.9. The number of aliphatic carboxylic acids is 1. The van der Waals surface area contributed by atoms with Gasteiger partial charge in [0.25, 0.3) is 5.91 Å². The Labute approximate surface area is 223 Å². The second kappa shape index (κ2) is 11.8. The molecule has 2 aromatic heterocycles. The van der Waals surface area contributed by atoms with E-state index in [1.54, 1.807) is 29.1 Å². The Morgan fingerprint density at radius 2 is 2.13 bits per heavy atom. The highest BCUT2D eigenvalue weighted by Crippen LogP contribution is 2.24. The number of amides is 1. The first-order valence-electron chi connectivity index (χ1n) is 13.5. The van der Waals surface area contributed by atoms with Crippen LogP contribution in [0.3, 0.4) is 0 Å². The number of rotatable bonds is 10. The molecule has 1 amide bonds. The van der Waals surface area contributed by atoms with E-state index in [-0.39, 0.29) is 5.91 Å². The van der Waals surface area contributed by atoms with E-state index in [0.29, 0.717) is 24.4 Å². The first kappa shape index (κ1) is 25.9. The summed E-state index contributed by atoms with van der Waals surface area (Å²) in [5.41, 5.74) is 4.65. The van der Waals surface area contributed by atoms with Gasteiger partial charge in [0.2, 0.25) is 0 Å². The van der Waals surface area contributed by atoms with Crippen LogP contribution in [-0.4, -0.2) is 68.9 Å². The van der Waals surface area contributed by atoms with E-state index >= 15 is 0 Å². The molecule has 0 bridgehead atoms. The molecule has 4 heterocycles. The number of hydrogen-bond acceptors (Lipinski definition) is 6. The van der Waals surface area contributed by atoms with E-state index in [0.717, 1.165) is 74.4 Å². The molecular weight excluding hydrogens is 480 g/mol. The normalized spacial score (nSPS) is 18.0. The van der Waals surface area contributed by atoms with E-state index in [1.807, 2.05) is 19.3 Å². The Bertz CT molecular complexity index is 1290. The fourth-order valence-corrected chi connectivity index (χ4v) is 5.43. The van der Waals surface area contributed by atoms with E-state index < -0.39 is 12.0 Å². The van der Waals surface area contributed by atoms with Crippen LogP contribution in [0.15, 0.2) is 48.8 Å². The van der Waals surface area contributed by atoms with E-state index in [2.05, 4.69) is 32.8 Å². The summed E-state index contributed by atoms with van der Waals surface area (Å²) in [6.07, 6.45) is 9.39. The second-order valence-corrected chi connectivity index (χ2v) is 10.5. The quantitative estimate of drug-likeness (QED) is 0.379. The lowest BCUT2D eigenvalue weighted by Gasteiger charge is -2.20. The number of likely N-dealkylation sites (tertiary alicyclic amines) is 1. The van der Waals surface area contributed by atoms with E-state index in [9.17, 15) is 14.7 Å². The topological polar surface area (TPSA) is 112 Å². The first-order chi connectivity index (χ1) is 18.4. The van der Waals surface area contributed by atoms with Crippen LogP contribution in [-0.2, 0) is 24.7 Å². The average Bonchev–Trinajstić information content (AvgIpc) is 3.58. The van der Waals surface area contributed by atoms with Gasteiger partial charge in [0, 0.05) is 49.7 Å². The van der Waals surface area contributed by atoms with Gasteiger partial charge >= 0.3 is 5.97 Å². The van der Waals surface area contributed by atoms with Gasteiger partial charge < -0.3 is 20.6 Å². The number of aromatic nitrogens is 3. The molecule has 200 valence electrons. The van der Waals surface area contributed by atoms with Gasteiger partial charge in [0.15, 0.2) is 0 Å². The van der Waals surface area contributed by atoms with Crippen molar-refractivity contribution in [2.75, 3.05) is 31.5 Å². The minimum atomic E-state index is -1.01. The largest absolute Gasteiger partial charge is 0.480 e. The summed E-state index contributed by atoms with van der Waals surface area (Å²) in [6, 6.07) is 10.6. The van der Waals surface area contributed by atoms with Crippen LogP contribution in [0.5, 0.6) is 0 Å². The fourth-order valence-electron chi connectivity index (χ4n) is 5.43. The predicted molar refractivity (Wildman–Crippen MR) is 146 cm³/mol. The van der Waals surface area contributed by atoms with Crippen molar-refractivity contribution in [3.63, 3.8) is 0 Å². The van der Waals surface area contributed by atoms with Crippen LogP contribution in [0, 0.1) is 5.92 Å². The molecule has 2 aliphatic rings. The van der Waals surface area contributed by atoms with Crippen LogP contribution in [0.25, 0.3) is 11.1 Å². The number of anilines is 1. The zero-order valence-electron chi connectivity index (χ0n) is 21.9. The third kappa shape index (κ3) is 6.39. The summed E-state index contributed by atoms with van der Waals surface area (Å²) in [5, 5.41) is 20.1. The molecule has 2 atom stereocenters. The summed E-state index contributed by atoms with van der Waals surface area (Å²) >= 11 is 0. The standard InChI is InChI=1S/C29H36N6O3/c1-34-19-24(17-31-34)22-4-2-5-23(16-22)28(36)33-26(29(37)38)12-15-35-14-11-20(18-35)7-9-25-10-8-21-6-3-13-30-27(21)32-25/h2,4-5,8,10,16-17,19-20,26H,3,6-7,9,11-15,18H2,1H3,(H,30,32)(H,33,36)(H,37,38)/t20-,26+/m1/s1. The zero-order valence-corrected chi connectivity index (χ0v) is 21.9. The molecule has 1 fully saturated rings. The highest BCUT2D eigenvalue weighted by molar-refractivity contribution is 5.97. The predicted octanol–water partition coefficient (Wildman–Crippen LogP) is 3.37. The maximum atomic E-state index is 12.9. The minimum Gasteiger partial charge on any atom is -0.480 e. The maximum Gasteiger partial charge on any atom is 0.326 e. The van der Waals surface area contributed by atoms with E-state index in [1.165, 1.54) is 5.56 Å². The Balaban J connectivity index is 1.10. The third-order valence-corrected chi connectivity index (χ3v) is 7.63. The summed E-state index contributed by atoms with van der Waals surface area (Å²) < 4.78 is 1.70. The Hall–Kier alpha value is -3.72. The van der Waals surface area contributed by atoms with Crippen molar-refractivity contribution in [2.45, 2.75) is 44.6 Å². The number of nitrogens with one attached hydrogen (secondary N) is 2. The highest BCUT2D eigenvalue weighted by Gasteiger charge is 2.26. The van der Waals surface area contributed by atoms with Crippen LogP contribution in [0.4, 0.5) is 5.82 Å². The Morgan fingerprint density at radius 3 is 2.95 bits per heavy atom. The van der Waals surface area contributed by atoms with Gasteiger partial charge in [-0.05, 0) is 80.3 Å². The van der Waals surface area contributed by atoms with Crippen LogP contribution in [0.2, 0.25) is 0 Å². The number of carbonyl (C=O) groups is 2. The van der Waals surface area contributed by atoms with Crippen molar-refractivity contribution in [1.82, 2.24) is 25.0 Å². The number of carbonyl (C=O) groups excluding carboxylic acids is 1. The van der Waals surface area contributed by atoms with Crippen molar-refractivity contribution in [3.8, 4) is 11.1 Å². The molecule has 1 aromatic carbocycles. The molecule has 9 nitrogen and oxygen atoms in total. The van der Waals surface area contributed by atoms with Gasteiger partial charge in [0.05, 0.1) is 6.20 Å². The van der Waals surface area contributed by atoms with Crippen LogP contribution >= 0.6 is 0 Å². The number of pyridine rings is 1. The number of aryl methyl sites for hydroxylation is 3. The zero-order chi connectivity index (χ0) is 26.5. The summed E-state index contributed by atoms with van der Waals surface area (Å²) in [6.45, 7) is 3.55. The van der Waals surface area contributed by atoms with Crippen LogP contribution < -0.4 is 10.6 Å². The number of benzene rings is 1. The molecule has 0 spiro atoms. The lowest BCUT2D eigenvalue weighted by atomic mass is 10.00. The van der Waals surface area contributed by atoms with Crippen molar-refractivity contribution < 1.29 is 14.7 Å². The van der Waals surface area contributed by atoms with Gasteiger partial charge in [-0.3, -0.25) is 9.48 Å². The van der Waals surface area contributed by atoms with Crippen molar-refractivity contribution >= 4 is 17.7 Å².